The van der Waals surface area contributed by atoms with Crippen LogP contribution in [-0.2, 0) is 0 Å². The van der Waals surface area contributed by atoms with Crippen LogP contribution in [0.25, 0.3) is 0 Å². The number of aliphatic hydroxyl groups excluding tert-OH is 1. The van der Waals surface area contributed by atoms with Gasteiger partial charge in [-0.25, -0.2) is 0 Å². The number of rotatable bonds is 1. The summed E-state index contributed by atoms with van der Waals surface area (Å²) in [4.78, 5) is 0. The first-order valence-corrected chi connectivity index (χ1v) is 6.84. The third-order valence-electron chi connectivity index (χ3n) is 5.26. The maximum Gasteiger partial charge on any atom is 0.0677 e. The molecule has 2 N–H and O–H groups in total. The molecule has 2 rings (SSSR count). The highest BCUT2D eigenvalue weighted by molar-refractivity contribution is 5.11. The Kier molecular flexibility index (Phi) is 3.16. The molecule has 0 heterocycles. The van der Waals surface area contributed by atoms with Crippen molar-refractivity contribution in [1.29, 1.82) is 0 Å². The van der Waals surface area contributed by atoms with Crippen LogP contribution in [0.1, 0.15) is 52.9 Å². The average molecular weight is 238 g/mol. The normalized spacial score (nSPS) is 50.8. The van der Waals surface area contributed by atoms with Gasteiger partial charge in [-0.3, -0.25) is 0 Å². The second-order valence-electron chi connectivity index (χ2n) is 6.82. The largest absolute Gasteiger partial charge is 0.392 e. The van der Waals surface area contributed by atoms with E-state index in [4.69, 9.17) is 0 Å². The van der Waals surface area contributed by atoms with Gasteiger partial charge in [0.1, 0.15) is 0 Å². The molecule has 2 aliphatic carbocycles. The highest BCUT2D eigenvalue weighted by atomic mass is 16.3. The van der Waals surface area contributed by atoms with Gasteiger partial charge < -0.3 is 10.2 Å². The molecule has 2 saturated carbocycles. The molecule has 0 spiro atoms. The van der Waals surface area contributed by atoms with Crippen LogP contribution in [-0.4, -0.2) is 21.9 Å². The van der Waals surface area contributed by atoms with Crippen LogP contribution in [0.15, 0.2) is 12.2 Å². The van der Waals surface area contributed by atoms with E-state index in [0.717, 1.165) is 37.7 Å². The first kappa shape index (κ1) is 13.1. The molecule has 0 amide bonds. The molecule has 98 valence electrons. The molecule has 5 atom stereocenters. The van der Waals surface area contributed by atoms with Crippen LogP contribution in [0, 0.1) is 17.3 Å². The first-order valence-electron chi connectivity index (χ1n) is 6.84. The Labute approximate surface area is 105 Å². The number of hydrogen-bond donors (Lipinski definition) is 2. The molecule has 17 heavy (non-hydrogen) atoms. The van der Waals surface area contributed by atoms with Gasteiger partial charge in [0, 0.05) is 11.8 Å². The molecule has 0 aromatic carbocycles. The molecule has 0 radical (unpaired) electrons. The predicted molar refractivity (Wildman–Crippen MR) is 69.6 cm³/mol. The lowest BCUT2D eigenvalue weighted by molar-refractivity contribution is -0.174. The van der Waals surface area contributed by atoms with Crippen molar-refractivity contribution in [3.63, 3.8) is 0 Å². The summed E-state index contributed by atoms with van der Waals surface area (Å²) < 4.78 is 0. The molecule has 2 aliphatic rings. The quantitative estimate of drug-likeness (QED) is 0.690. The van der Waals surface area contributed by atoms with Crippen LogP contribution in [0.5, 0.6) is 0 Å². The lowest BCUT2D eigenvalue weighted by Crippen LogP contribution is -2.58. The van der Waals surface area contributed by atoms with Crippen LogP contribution in [0.4, 0.5) is 0 Å². The summed E-state index contributed by atoms with van der Waals surface area (Å²) >= 11 is 0. The molecule has 0 saturated heterocycles. The zero-order chi connectivity index (χ0) is 12.8. The molecule has 0 aromatic heterocycles. The van der Waals surface area contributed by atoms with Crippen molar-refractivity contribution < 1.29 is 10.2 Å². The van der Waals surface area contributed by atoms with Crippen molar-refractivity contribution in [1.82, 2.24) is 0 Å². The third-order valence-corrected chi connectivity index (χ3v) is 5.26. The number of aliphatic hydroxyl groups is 2. The van der Waals surface area contributed by atoms with Crippen molar-refractivity contribution >= 4 is 0 Å². The summed E-state index contributed by atoms with van der Waals surface area (Å²) in [5.41, 5.74) is 0.439. The van der Waals surface area contributed by atoms with E-state index in [1.807, 2.05) is 13.8 Å². The van der Waals surface area contributed by atoms with Crippen molar-refractivity contribution in [2.45, 2.75) is 64.6 Å². The van der Waals surface area contributed by atoms with Crippen LogP contribution in [0.3, 0.4) is 0 Å². The van der Waals surface area contributed by atoms with Gasteiger partial charge >= 0.3 is 0 Å². The Morgan fingerprint density at radius 1 is 1.24 bits per heavy atom. The Hall–Kier alpha value is -0.340. The Balaban J connectivity index is 2.32. The lowest BCUT2D eigenvalue weighted by Gasteiger charge is -2.56. The summed E-state index contributed by atoms with van der Waals surface area (Å²) in [6.45, 7) is 10.1. The van der Waals surface area contributed by atoms with Crippen molar-refractivity contribution in [3.05, 3.63) is 12.2 Å². The van der Waals surface area contributed by atoms with E-state index in [1.165, 1.54) is 0 Å². The van der Waals surface area contributed by atoms with Gasteiger partial charge in [-0.15, -0.1) is 0 Å². The topological polar surface area (TPSA) is 40.5 Å². The minimum Gasteiger partial charge on any atom is -0.392 e. The fourth-order valence-corrected chi connectivity index (χ4v) is 4.40. The van der Waals surface area contributed by atoms with E-state index in [1.54, 1.807) is 0 Å². The second-order valence-corrected chi connectivity index (χ2v) is 6.82. The third kappa shape index (κ3) is 2.06. The summed E-state index contributed by atoms with van der Waals surface area (Å²) in [7, 11) is 0. The molecule has 0 aliphatic heterocycles. The zero-order valence-electron chi connectivity index (χ0n) is 11.4. The van der Waals surface area contributed by atoms with Gasteiger partial charge in [-0.2, -0.15) is 0 Å². The maximum atomic E-state index is 10.6. The van der Waals surface area contributed by atoms with Crippen LogP contribution < -0.4 is 0 Å². The summed E-state index contributed by atoms with van der Waals surface area (Å²) in [5, 5.41) is 21.2. The Bertz CT molecular complexity index is 321. The molecular formula is C15H26O2. The highest BCUT2D eigenvalue weighted by Gasteiger charge is 2.55. The highest BCUT2D eigenvalue weighted by Crippen LogP contribution is 2.56. The van der Waals surface area contributed by atoms with E-state index in [9.17, 15) is 10.2 Å². The van der Waals surface area contributed by atoms with Crippen molar-refractivity contribution in [2.24, 2.45) is 17.3 Å². The first-order chi connectivity index (χ1) is 7.78. The molecule has 2 nitrogen and oxygen atoms in total. The van der Waals surface area contributed by atoms with E-state index < -0.39 is 11.7 Å². The molecular weight excluding hydrogens is 212 g/mol. The zero-order valence-corrected chi connectivity index (χ0v) is 11.4. The van der Waals surface area contributed by atoms with Gasteiger partial charge in [-0.05, 0) is 44.9 Å². The smallest absolute Gasteiger partial charge is 0.0677 e. The second kappa shape index (κ2) is 4.10. The predicted octanol–water partition coefficient (Wildman–Crippen LogP) is 2.89. The molecule has 5 unspecified atom stereocenters. The van der Waals surface area contributed by atoms with Crippen LogP contribution >= 0.6 is 0 Å². The minimum atomic E-state index is -0.722. The van der Waals surface area contributed by atoms with E-state index in [2.05, 4.69) is 13.5 Å². The lowest BCUT2D eigenvalue weighted by atomic mass is 9.52. The van der Waals surface area contributed by atoms with Gasteiger partial charge in [-0.1, -0.05) is 25.5 Å². The van der Waals surface area contributed by atoms with Crippen molar-refractivity contribution in [2.75, 3.05) is 0 Å². The van der Waals surface area contributed by atoms with Gasteiger partial charge in [0.25, 0.3) is 0 Å². The monoisotopic (exact) mass is 238 g/mol. The van der Waals surface area contributed by atoms with E-state index in [0.29, 0.717) is 0 Å². The summed E-state index contributed by atoms with van der Waals surface area (Å²) in [5.74, 6) is 0.164. The Morgan fingerprint density at radius 2 is 1.88 bits per heavy atom. The molecule has 0 aromatic rings. The maximum absolute atomic E-state index is 10.6. The van der Waals surface area contributed by atoms with Crippen molar-refractivity contribution in [3.8, 4) is 0 Å². The molecule has 0 bridgehead atoms. The summed E-state index contributed by atoms with van der Waals surface area (Å²) in [6.07, 6.45) is 4.70. The van der Waals surface area contributed by atoms with Gasteiger partial charge in [0.15, 0.2) is 0 Å². The number of hydrogen-bond acceptors (Lipinski definition) is 2. The number of fused-ring (bicyclic) bond motifs is 1. The molecule has 2 fully saturated rings. The Morgan fingerprint density at radius 3 is 2.47 bits per heavy atom. The van der Waals surface area contributed by atoms with Gasteiger partial charge in [0.2, 0.25) is 0 Å². The SMILES string of the molecule is C=C(C)C1CCC2(C)CCCC(C)(O)C2C1O. The minimum absolute atomic E-state index is 0.000741. The average Bonchev–Trinajstić information content (AvgIpc) is 2.14. The fraction of sp³-hybridized carbons (Fsp3) is 0.867. The van der Waals surface area contributed by atoms with Crippen LogP contribution in [0.2, 0.25) is 0 Å². The standard InChI is InChI=1S/C15H26O2/c1-10(2)11-6-9-14(3)7-5-8-15(4,17)13(14)12(11)16/h11-13,16-17H,1,5-9H2,2-4H3. The summed E-state index contributed by atoms with van der Waals surface area (Å²) in [6, 6.07) is 0. The van der Waals surface area contributed by atoms with Gasteiger partial charge in [0.05, 0.1) is 11.7 Å². The molecule has 2 heteroatoms. The van der Waals surface area contributed by atoms with E-state index >= 15 is 0 Å². The van der Waals surface area contributed by atoms with E-state index in [-0.39, 0.29) is 17.3 Å². The fourth-order valence-electron chi connectivity index (χ4n) is 4.40.